The summed E-state index contributed by atoms with van der Waals surface area (Å²) in [7, 11) is 0. The highest BCUT2D eigenvalue weighted by Crippen LogP contribution is 2.11. The van der Waals surface area contributed by atoms with E-state index >= 15 is 0 Å². The SMILES string of the molecule is CC(C)C(NC(=O)c1ccco1)C(=O)N1CCN(CC(=O)NCc2ccccc2)CC1. The molecule has 0 aliphatic carbocycles. The molecule has 8 nitrogen and oxygen atoms in total. The first kappa shape index (κ1) is 22.6. The van der Waals surface area contributed by atoms with Crippen LogP contribution in [0.25, 0.3) is 0 Å². The lowest BCUT2D eigenvalue weighted by atomic mass is 10.0. The van der Waals surface area contributed by atoms with Gasteiger partial charge in [-0.1, -0.05) is 44.2 Å². The Morgan fingerprint density at radius 3 is 2.32 bits per heavy atom. The van der Waals surface area contributed by atoms with Gasteiger partial charge in [-0.3, -0.25) is 19.3 Å². The van der Waals surface area contributed by atoms with Gasteiger partial charge >= 0.3 is 0 Å². The van der Waals surface area contributed by atoms with Crippen LogP contribution in [-0.4, -0.2) is 66.3 Å². The third-order valence-electron chi connectivity index (χ3n) is 5.35. The molecule has 31 heavy (non-hydrogen) atoms. The van der Waals surface area contributed by atoms with E-state index in [2.05, 4.69) is 10.6 Å². The normalized spacial score (nSPS) is 15.5. The lowest BCUT2D eigenvalue weighted by molar-refractivity contribution is -0.136. The van der Waals surface area contributed by atoms with Crippen LogP contribution in [0, 0.1) is 5.92 Å². The summed E-state index contributed by atoms with van der Waals surface area (Å²) in [6.45, 7) is 6.87. The third kappa shape index (κ3) is 6.42. The molecule has 2 heterocycles. The molecule has 1 unspecified atom stereocenters. The second-order valence-corrected chi connectivity index (χ2v) is 8.04. The fraction of sp³-hybridized carbons (Fsp3) is 0.435. The van der Waals surface area contributed by atoms with Crippen molar-refractivity contribution < 1.29 is 18.8 Å². The van der Waals surface area contributed by atoms with E-state index in [1.807, 2.05) is 49.1 Å². The first-order valence-electron chi connectivity index (χ1n) is 10.6. The number of rotatable bonds is 8. The zero-order valence-electron chi connectivity index (χ0n) is 18.0. The molecular formula is C23H30N4O4. The average molecular weight is 427 g/mol. The Hall–Kier alpha value is -3.13. The molecule has 1 saturated heterocycles. The van der Waals surface area contributed by atoms with Crippen molar-refractivity contribution in [1.82, 2.24) is 20.4 Å². The van der Waals surface area contributed by atoms with Gasteiger partial charge in [-0.15, -0.1) is 0 Å². The van der Waals surface area contributed by atoms with E-state index < -0.39 is 11.9 Å². The summed E-state index contributed by atoms with van der Waals surface area (Å²) in [5.74, 6) is -0.416. The summed E-state index contributed by atoms with van der Waals surface area (Å²) < 4.78 is 5.12. The van der Waals surface area contributed by atoms with E-state index in [0.717, 1.165) is 5.56 Å². The summed E-state index contributed by atoms with van der Waals surface area (Å²) in [4.78, 5) is 41.4. The zero-order valence-corrected chi connectivity index (χ0v) is 18.0. The molecule has 1 aliphatic heterocycles. The molecule has 1 aromatic carbocycles. The molecule has 2 aromatic rings. The Bertz CT molecular complexity index is 859. The molecule has 1 aliphatic rings. The number of nitrogens with one attached hydrogen (secondary N) is 2. The van der Waals surface area contributed by atoms with Gasteiger partial charge in [0.2, 0.25) is 11.8 Å². The minimum atomic E-state index is -0.627. The Labute approximate surface area is 182 Å². The topological polar surface area (TPSA) is 94.9 Å². The highest BCUT2D eigenvalue weighted by Gasteiger charge is 2.31. The van der Waals surface area contributed by atoms with E-state index in [9.17, 15) is 14.4 Å². The number of hydrogen-bond acceptors (Lipinski definition) is 5. The number of nitrogens with zero attached hydrogens (tertiary/aromatic N) is 2. The molecule has 0 radical (unpaired) electrons. The first-order chi connectivity index (χ1) is 14.9. The van der Waals surface area contributed by atoms with Crippen LogP contribution >= 0.6 is 0 Å². The smallest absolute Gasteiger partial charge is 0.287 e. The van der Waals surface area contributed by atoms with Gasteiger partial charge in [0.15, 0.2) is 5.76 Å². The fourth-order valence-corrected chi connectivity index (χ4v) is 3.51. The maximum absolute atomic E-state index is 13.0. The zero-order chi connectivity index (χ0) is 22.2. The molecule has 1 fully saturated rings. The standard InChI is InChI=1S/C23H30N4O4/c1-17(2)21(25-22(29)19-9-6-14-31-19)23(30)27-12-10-26(11-13-27)16-20(28)24-15-18-7-4-3-5-8-18/h3-9,14,17,21H,10-13,15-16H2,1-2H3,(H,24,28)(H,25,29). The number of amides is 3. The van der Waals surface area contributed by atoms with Gasteiger partial charge in [0.05, 0.1) is 12.8 Å². The van der Waals surface area contributed by atoms with Gasteiger partial charge in [-0.25, -0.2) is 0 Å². The van der Waals surface area contributed by atoms with Gasteiger partial charge in [0.25, 0.3) is 5.91 Å². The van der Waals surface area contributed by atoms with E-state index in [0.29, 0.717) is 39.3 Å². The summed E-state index contributed by atoms with van der Waals surface area (Å²) in [5.41, 5.74) is 1.06. The Morgan fingerprint density at radius 2 is 1.71 bits per heavy atom. The number of carbonyl (C=O) groups excluding carboxylic acids is 3. The largest absolute Gasteiger partial charge is 0.459 e. The Kier molecular flexibility index (Phi) is 7.83. The second-order valence-electron chi connectivity index (χ2n) is 8.04. The van der Waals surface area contributed by atoms with Crippen LogP contribution in [0.5, 0.6) is 0 Å². The van der Waals surface area contributed by atoms with Crippen molar-refractivity contribution in [3.63, 3.8) is 0 Å². The molecular weight excluding hydrogens is 396 g/mol. The third-order valence-corrected chi connectivity index (χ3v) is 5.35. The van der Waals surface area contributed by atoms with Gasteiger partial charge in [0.1, 0.15) is 6.04 Å². The van der Waals surface area contributed by atoms with Crippen molar-refractivity contribution in [1.29, 1.82) is 0 Å². The molecule has 0 spiro atoms. The van der Waals surface area contributed by atoms with E-state index in [1.165, 1.54) is 6.26 Å². The number of hydrogen-bond donors (Lipinski definition) is 2. The minimum absolute atomic E-state index is 0.0330. The molecule has 1 aromatic heterocycles. The quantitative estimate of drug-likeness (QED) is 0.667. The minimum Gasteiger partial charge on any atom is -0.459 e. The molecule has 3 rings (SSSR count). The lowest BCUT2D eigenvalue weighted by Gasteiger charge is -2.37. The van der Waals surface area contributed by atoms with Crippen molar-refractivity contribution in [3.05, 3.63) is 60.1 Å². The van der Waals surface area contributed by atoms with Crippen molar-refractivity contribution in [2.75, 3.05) is 32.7 Å². The van der Waals surface area contributed by atoms with Gasteiger partial charge < -0.3 is 20.0 Å². The maximum Gasteiger partial charge on any atom is 0.287 e. The van der Waals surface area contributed by atoms with Crippen molar-refractivity contribution in [2.45, 2.75) is 26.4 Å². The molecule has 166 valence electrons. The van der Waals surface area contributed by atoms with Crippen molar-refractivity contribution in [3.8, 4) is 0 Å². The van der Waals surface area contributed by atoms with E-state index in [4.69, 9.17) is 4.42 Å². The molecule has 3 amide bonds. The first-order valence-corrected chi connectivity index (χ1v) is 10.6. The van der Waals surface area contributed by atoms with Crippen LogP contribution in [0.1, 0.15) is 30.0 Å². The highest BCUT2D eigenvalue weighted by atomic mass is 16.3. The Balaban J connectivity index is 1.45. The van der Waals surface area contributed by atoms with Crippen LogP contribution in [0.15, 0.2) is 53.1 Å². The van der Waals surface area contributed by atoms with E-state index in [1.54, 1.807) is 17.0 Å². The molecule has 2 N–H and O–H groups in total. The number of benzene rings is 1. The monoisotopic (exact) mass is 426 g/mol. The van der Waals surface area contributed by atoms with Gasteiger partial charge in [-0.05, 0) is 23.6 Å². The molecule has 1 atom stereocenters. The van der Waals surface area contributed by atoms with Crippen LogP contribution < -0.4 is 10.6 Å². The predicted molar refractivity (Wildman–Crippen MR) is 116 cm³/mol. The molecule has 0 saturated carbocycles. The average Bonchev–Trinajstić information content (AvgIpc) is 3.32. The number of piperazine rings is 1. The highest BCUT2D eigenvalue weighted by molar-refractivity contribution is 5.95. The number of furan rings is 1. The predicted octanol–water partition coefficient (Wildman–Crippen LogP) is 1.49. The van der Waals surface area contributed by atoms with Crippen LogP contribution in [-0.2, 0) is 16.1 Å². The van der Waals surface area contributed by atoms with Crippen molar-refractivity contribution in [2.24, 2.45) is 5.92 Å². The van der Waals surface area contributed by atoms with Gasteiger partial charge in [0, 0.05) is 32.7 Å². The molecule has 0 bridgehead atoms. The molecule has 8 heteroatoms. The summed E-state index contributed by atoms with van der Waals surface area (Å²) in [6.07, 6.45) is 1.43. The van der Waals surface area contributed by atoms with Crippen molar-refractivity contribution >= 4 is 17.7 Å². The maximum atomic E-state index is 13.0. The Morgan fingerprint density at radius 1 is 1.00 bits per heavy atom. The van der Waals surface area contributed by atoms with E-state index in [-0.39, 0.29) is 23.5 Å². The van der Waals surface area contributed by atoms with Gasteiger partial charge in [-0.2, -0.15) is 0 Å². The summed E-state index contributed by atoms with van der Waals surface area (Å²) in [5, 5.41) is 5.72. The summed E-state index contributed by atoms with van der Waals surface area (Å²) in [6, 6.07) is 12.4. The van der Waals surface area contributed by atoms with Crippen LogP contribution in [0.2, 0.25) is 0 Å². The number of carbonyl (C=O) groups is 3. The lowest BCUT2D eigenvalue weighted by Crippen LogP contribution is -2.57. The second kappa shape index (κ2) is 10.8. The summed E-state index contributed by atoms with van der Waals surface area (Å²) >= 11 is 0. The fourth-order valence-electron chi connectivity index (χ4n) is 3.51. The van der Waals surface area contributed by atoms with Crippen LogP contribution in [0.3, 0.4) is 0 Å². The van der Waals surface area contributed by atoms with Crippen LogP contribution in [0.4, 0.5) is 0 Å².